The molecule has 0 bridgehead atoms. The van der Waals surface area contributed by atoms with Crippen molar-refractivity contribution in [1.82, 2.24) is 0 Å². The molecule has 66 valence electrons. The Morgan fingerprint density at radius 1 is 1.23 bits per heavy atom. The molecule has 0 aliphatic carbocycles. The van der Waals surface area contributed by atoms with Crippen LogP contribution in [0.1, 0.15) is 0 Å². The van der Waals surface area contributed by atoms with Gasteiger partial charge in [-0.25, -0.2) is 0 Å². The number of para-hydroxylation sites is 1. The van der Waals surface area contributed by atoms with Crippen molar-refractivity contribution in [3.8, 4) is 0 Å². The van der Waals surface area contributed by atoms with Gasteiger partial charge in [-0.2, -0.15) is 0 Å². The quantitative estimate of drug-likeness (QED) is 0.493. The fraction of sp³-hybridized carbons (Fsp3) is 0.100. The molecular weight excluding hydrogens is 184 g/mol. The lowest BCUT2D eigenvalue weighted by molar-refractivity contribution is 1.04. The Hall–Kier alpha value is -1.28. The van der Waals surface area contributed by atoms with Crippen LogP contribution >= 0.6 is 11.6 Å². The predicted octanol–water partition coefficient (Wildman–Crippen LogP) is 2.61. The van der Waals surface area contributed by atoms with Gasteiger partial charge in [-0.05, 0) is 12.1 Å². The molecule has 1 aromatic rings. The number of halogens is 1. The lowest BCUT2D eigenvalue weighted by Crippen LogP contribution is -2.28. The SMILES string of the molecule is ClC1C=NC=CN1c1ccccc1. The Balaban J connectivity index is 2.27. The van der Waals surface area contributed by atoms with Crippen molar-refractivity contribution in [2.24, 2.45) is 4.99 Å². The molecule has 1 aliphatic heterocycles. The van der Waals surface area contributed by atoms with Crippen LogP contribution in [0.15, 0.2) is 47.7 Å². The fourth-order valence-electron chi connectivity index (χ4n) is 1.21. The van der Waals surface area contributed by atoms with Gasteiger partial charge in [0.25, 0.3) is 0 Å². The van der Waals surface area contributed by atoms with E-state index in [1.165, 1.54) is 0 Å². The molecule has 3 heteroatoms. The molecular formula is C10H9ClN2. The average Bonchev–Trinajstić information content (AvgIpc) is 2.20. The zero-order valence-corrected chi connectivity index (χ0v) is 7.72. The van der Waals surface area contributed by atoms with Crippen molar-refractivity contribution < 1.29 is 0 Å². The third-order valence-corrected chi connectivity index (χ3v) is 2.17. The van der Waals surface area contributed by atoms with Gasteiger partial charge in [-0.1, -0.05) is 29.8 Å². The largest absolute Gasteiger partial charge is 0.325 e. The van der Waals surface area contributed by atoms with E-state index in [1.807, 2.05) is 41.4 Å². The highest BCUT2D eigenvalue weighted by Crippen LogP contribution is 2.19. The average molecular weight is 193 g/mol. The molecule has 0 N–H and O–H groups in total. The van der Waals surface area contributed by atoms with Crippen molar-refractivity contribution in [3.63, 3.8) is 0 Å². The van der Waals surface area contributed by atoms with Crippen molar-refractivity contribution >= 4 is 23.5 Å². The van der Waals surface area contributed by atoms with Crippen LogP contribution in [-0.4, -0.2) is 11.7 Å². The molecule has 0 fully saturated rings. The minimum Gasteiger partial charge on any atom is -0.325 e. The van der Waals surface area contributed by atoms with Crippen LogP contribution in [-0.2, 0) is 0 Å². The zero-order chi connectivity index (χ0) is 9.10. The summed E-state index contributed by atoms with van der Waals surface area (Å²) in [6.45, 7) is 0. The number of alkyl halides is 1. The smallest absolute Gasteiger partial charge is 0.143 e. The second-order valence-corrected chi connectivity index (χ2v) is 3.16. The van der Waals surface area contributed by atoms with Crippen LogP contribution in [0, 0.1) is 0 Å². The first-order chi connectivity index (χ1) is 6.38. The molecule has 1 unspecified atom stereocenters. The predicted molar refractivity (Wildman–Crippen MR) is 56.2 cm³/mol. The minimum absolute atomic E-state index is 0.188. The summed E-state index contributed by atoms with van der Waals surface area (Å²) in [5.41, 5.74) is 0.886. The van der Waals surface area contributed by atoms with Gasteiger partial charge in [0.1, 0.15) is 5.50 Å². The highest BCUT2D eigenvalue weighted by atomic mass is 35.5. The van der Waals surface area contributed by atoms with Crippen molar-refractivity contribution in [1.29, 1.82) is 0 Å². The Bertz CT molecular complexity index is 332. The van der Waals surface area contributed by atoms with E-state index < -0.39 is 0 Å². The van der Waals surface area contributed by atoms with Crippen LogP contribution in [0.2, 0.25) is 0 Å². The zero-order valence-electron chi connectivity index (χ0n) is 6.97. The van der Waals surface area contributed by atoms with Gasteiger partial charge in [0, 0.05) is 24.3 Å². The van der Waals surface area contributed by atoms with Gasteiger partial charge in [-0.3, -0.25) is 4.99 Å². The topological polar surface area (TPSA) is 15.6 Å². The van der Waals surface area contributed by atoms with Gasteiger partial charge in [0.2, 0.25) is 0 Å². The molecule has 2 nitrogen and oxygen atoms in total. The summed E-state index contributed by atoms with van der Waals surface area (Å²) in [6, 6.07) is 9.98. The maximum atomic E-state index is 6.04. The summed E-state index contributed by atoms with van der Waals surface area (Å²) in [4.78, 5) is 5.91. The third kappa shape index (κ3) is 1.73. The normalized spacial score (nSPS) is 20.7. The monoisotopic (exact) mass is 192 g/mol. The Morgan fingerprint density at radius 2 is 2.00 bits per heavy atom. The third-order valence-electron chi connectivity index (χ3n) is 1.84. The number of rotatable bonds is 1. The first-order valence-corrected chi connectivity index (χ1v) is 4.49. The van der Waals surface area contributed by atoms with E-state index in [-0.39, 0.29) is 5.50 Å². The first kappa shape index (κ1) is 8.32. The van der Waals surface area contributed by atoms with Crippen LogP contribution in [0.25, 0.3) is 0 Å². The van der Waals surface area contributed by atoms with Gasteiger partial charge in [0.15, 0.2) is 0 Å². The maximum Gasteiger partial charge on any atom is 0.143 e. The van der Waals surface area contributed by atoms with Crippen molar-refractivity contribution in [3.05, 3.63) is 42.7 Å². The second-order valence-electron chi connectivity index (χ2n) is 2.71. The number of benzene rings is 1. The number of hydrogen-bond donors (Lipinski definition) is 0. The molecule has 13 heavy (non-hydrogen) atoms. The van der Waals surface area contributed by atoms with E-state index in [9.17, 15) is 0 Å². The number of hydrogen-bond acceptors (Lipinski definition) is 2. The highest BCUT2D eigenvalue weighted by molar-refractivity contribution is 6.29. The standard InChI is InChI=1S/C10H9ClN2/c11-10-8-12-6-7-13(10)9-4-2-1-3-5-9/h1-8,10H. The molecule has 1 heterocycles. The second kappa shape index (κ2) is 3.62. The van der Waals surface area contributed by atoms with Gasteiger partial charge < -0.3 is 4.90 Å². The van der Waals surface area contributed by atoms with Crippen LogP contribution in [0.3, 0.4) is 0 Å². The van der Waals surface area contributed by atoms with Crippen LogP contribution in [0.5, 0.6) is 0 Å². The minimum atomic E-state index is -0.188. The van der Waals surface area contributed by atoms with E-state index in [1.54, 1.807) is 12.4 Å². The number of aliphatic imine (C=N–C) groups is 1. The summed E-state index contributed by atoms with van der Waals surface area (Å²) in [5, 5.41) is 0. The van der Waals surface area contributed by atoms with Crippen molar-refractivity contribution in [2.75, 3.05) is 4.90 Å². The Kier molecular flexibility index (Phi) is 2.32. The number of nitrogens with zero attached hydrogens (tertiary/aromatic N) is 2. The molecule has 1 aliphatic rings. The Morgan fingerprint density at radius 3 is 2.69 bits per heavy atom. The summed E-state index contributed by atoms with van der Waals surface area (Å²) < 4.78 is 0. The van der Waals surface area contributed by atoms with Gasteiger partial charge in [-0.15, -0.1) is 0 Å². The highest BCUT2D eigenvalue weighted by Gasteiger charge is 2.12. The van der Waals surface area contributed by atoms with E-state index in [0.717, 1.165) is 5.69 Å². The van der Waals surface area contributed by atoms with Crippen LogP contribution in [0.4, 0.5) is 5.69 Å². The molecule has 0 saturated carbocycles. The fourth-order valence-corrected chi connectivity index (χ4v) is 1.46. The molecule has 0 amide bonds. The summed E-state index contributed by atoms with van der Waals surface area (Å²) in [6.07, 6.45) is 5.30. The van der Waals surface area contributed by atoms with E-state index >= 15 is 0 Å². The van der Waals surface area contributed by atoms with Crippen LogP contribution < -0.4 is 4.90 Å². The van der Waals surface area contributed by atoms with E-state index in [2.05, 4.69) is 4.99 Å². The van der Waals surface area contributed by atoms with Crippen molar-refractivity contribution in [2.45, 2.75) is 5.50 Å². The van der Waals surface area contributed by atoms with E-state index in [4.69, 9.17) is 11.6 Å². The molecule has 1 aromatic carbocycles. The van der Waals surface area contributed by atoms with E-state index in [0.29, 0.717) is 0 Å². The molecule has 1 atom stereocenters. The lowest BCUT2D eigenvalue weighted by atomic mass is 10.3. The first-order valence-electron chi connectivity index (χ1n) is 4.05. The summed E-state index contributed by atoms with van der Waals surface area (Å²) >= 11 is 6.04. The molecule has 0 radical (unpaired) electrons. The summed E-state index contributed by atoms with van der Waals surface area (Å²) in [7, 11) is 0. The number of anilines is 1. The molecule has 0 spiro atoms. The Labute approximate surface area is 82.2 Å². The molecule has 0 saturated heterocycles. The maximum absolute atomic E-state index is 6.04. The summed E-state index contributed by atoms with van der Waals surface area (Å²) in [5.74, 6) is 0. The molecule has 2 rings (SSSR count). The molecule has 0 aromatic heterocycles. The van der Waals surface area contributed by atoms with Gasteiger partial charge in [0.05, 0.1) is 0 Å². The lowest BCUT2D eigenvalue weighted by Gasteiger charge is -2.24. The van der Waals surface area contributed by atoms with Gasteiger partial charge >= 0.3 is 0 Å².